The first-order valence-corrected chi connectivity index (χ1v) is 11.0. The molecular formula is H6B2O15P6. The van der Waals surface area contributed by atoms with Gasteiger partial charge in [-0.3, -0.25) is 12.9 Å². The molecular weight excluding hydrogens is 447 g/mol. The predicted molar refractivity (Wildman–Crippen MR) is 68.8 cm³/mol. The molecule has 0 amide bonds. The molecule has 0 radical (unpaired) electrons. The van der Waals surface area contributed by atoms with Gasteiger partial charge in [0, 0.05) is 0 Å². The van der Waals surface area contributed by atoms with Crippen molar-refractivity contribution in [1.82, 2.24) is 0 Å². The first-order chi connectivity index (χ1) is 9.38. The minimum Gasteiger partial charge on any atom is -0.781 e. The van der Waals surface area contributed by atoms with Gasteiger partial charge < -0.3 is 56.8 Å². The number of hydrogen-bond donors (Lipinski definition) is 0. The smallest absolute Gasteiger partial charge is 0.781 e. The second-order valence-corrected chi connectivity index (χ2v) is 7.26. The first-order valence-electron chi connectivity index (χ1n) is 3.67. The van der Waals surface area contributed by atoms with Crippen molar-refractivity contribution in [2.45, 2.75) is 0 Å². The summed E-state index contributed by atoms with van der Waals surface area (Å²) in [5, 5.41) is 0. The number of hydrogen-bond acceptors (Lipinski definition) is 15. The third-order valence-corrected chi connectivity index (χ3v) is 4.50. The minimum atomic E-state index is -3.51. The summed E-state index contributed by atoms with van der Waals surface area (Å²) in [5.41, 5.74) is 0. The fraction of sp³-hybridized carbons (Fsp3) is 0. The average Bonchev–Trinajstić information content (AvgIpc) is 2.10. The van der Waals surface area contributed by atoms with Gasteiger partial charge in [-0.25, -0.2) is 0 Å². The van der Waals surface area contributed by atoms with E-state index in [1.165, 1.54) is 0 Å². The van der Waals surface area contributed by atoms with Gasteiger partial charge >= 0.3 is 16.8 Å². The predicted octanol–water partition coefficient (Wildman–Crippen LogP) is -5.25. The summed E-state index contributed by atoms with van der Waals surface area (Å²) >= 11 is 0. The maximum Gasteiger partial charge on any atom is 3.00 e. The monoisotopic (exact) mass is 454 g/mol. The van der Waals surface area contributed by atoms with Crippen molar-refractivity contribution in [2.75, 3.05) is 0 Å². The minimum absolute atomic E-state index is 0. The Morgan fingerprint density at radius 2 is 0.478 bits per heavy atom. The molecule has 0 aliphatic heterocycles. The molecule has 0 fully saturated rings. The zero-order chi connectivity index (χ0) is 17.6. The summed E-state index contributed by atoms with van der Waals surface area (Å²) in [5.74, 6) is 0. The van der Waals surface area contributed by atoms with Gasteiger partial charge in [-0.1, -0.05) is 0 Å². The molecule has 0 bridgehead atoms. The van der Waals surface area contributed by atoms with E-state index >= 15 is 0 Å². The molecule has 0 aliphatic carbocycles. The standard InChI is InChI=1S/2B.3H4O5P2/c;;3*1-6(2)5-7(3)4/h;;3*6-7H,(H,1,2)(H,3,4)/q2*+3;;;/p-6. The van der Waals surface area contributed by atoms with Crippen LogP contribution in [0.25, 0.3) is 0 Å². The van der Waals surface area contributed by atoms with E-state index < -0.39 is 49.5 Å². The summed E-state index contributed by atoms with van der Waals surface area (Å²) < 4.78 is 65.4. The van der Waals surface area contributed by atoms with E-state index in [0.717, 1.165) is 0 Å². The SMILES string of the molecule is O=[PH]([O-])O[PH](=O)[O-].O=[PH]([O-])O[PH](=O)[O-].O=[PH]([O-])O[PH](=O)[O-].[B+3].[B+3]. The van der Waals surface area contributed by atoms with E-state index in [9.17, 15) is 56.8 Å². The van der Waals surface area contributed by atoms with Crippen molar-refractivity contribution in [1.29, 1.82) is 0 Å². The van der Waals surface area contributed by atoms with Crippen LogP contribution >= 0.6 is 49.5 Å². The molecule has 0 saturated carbocycles. The summed E-state index contributed by atoms with van der Waals surface area (Å²) in [6, 6.07) is 0. The van der Waals surface area contributed by atoms with Crippen molar-refractivity contribution in [3.05, 3.63) is 0 Å². The van der Waals surface area contributed by atoms with E-state index in [1.807, 2.05) is 0 Å². The van der Waals surface area contributed by atoms with Crippen molar-refractivity contribution in [3.63, 3.8) is 0 Å². The second-order valence-electron chi connectivity index (χ2n) is 1.81. The van der Waals surface area contributed by atoms with Gasteiger partial charge in [0.15, 0.2) is 0 Å². The zero-order valence-corrected chi connectivity index (χ0v) is 16.3. The largest absolute Gasteiger partial charge is 3.00 e. The van der Waals surface area contributed by atoms with Crippen LogP contribution in [0.3, 0.4) is 0 Å². The van der Waals surface area contributed by atoms with Crippen LogP contribution in [0.2, 0.25) is 0 Å². The van der Waals surface area contributed by atoms with Gasteiger partial charge in [-0.2, -0.15) is 0 Å². The summed E-state index contributed by atoms with van der Waals surface area (Å²) in [4.78, 5) is 55.7. The third-order valence-electron chi connectivity index (χ3n) is 0.500. The molecule has 23 heavy (non-hydrogen) atoms. The van der Waals surface area contributed by atoms with Crippen LogP contribution in [0.1, 0.15) is 0 Å². The van der Waals surface area contributed by atoms with E-state index in [2.05, 4.69) is 12.9 Å². The first kappa shape index (κ1) is 35.3. The molecule has 6 unspecified atom stereocenters. The Balaban J connectivity index is -0.0000000675. The third kappa shape index (κ3) is 59.9. The van der Waals surface area contributed by atoms with E-state index in [4.69, 9.17) is 0 Å². The molecule has 0 heterocycles. The molecule has 0 rings (SSSR count). The van der Waals surface area contributed by atoms with Gasteiger partial charge in [0.05, 0.1) is 0 Å². The molecule has 0 spiro atoms. The fourth-order valence-electron chi connectivity index (χ4n) is 0.204. The molecule has 15 nitrogen and oxygen atoms in total. The van der Waals surface area contributed by atoms with Crippen LogP contribution in [0, 0.1) is 0 Å². The van der Waals surface area contributed by atoms with Gasteiger partial charge in [0.1, 0.15) is 49.5 Å². The summed E-state index contributed by atoms with van der Waals surface area (Å²) in [6.07, 6.45) is 0. The number of rotatable bonds is 6. The quantitative estimate of drug-likeness (QED) is 0.268. The Labute approximate surface area is 136 Å². The molecule has 0 aromatic carbocycles. The van der Waals surface area contributed by atoms with E-state index in [0.29, 0.717) is 0 Å². The van der Waals surface area contributed by atoms with Gasteiger partial charge in [-0.15, -0.1) is 0 Å². The van der Waals surface area contributed by atoms with Gasteiger partial charge in [-0.05, 0) is 0 Å². The molecule has 132 valence electrons. The van der Waals surface area contributed by atoms with E-state index in [1.54, 1.807) is 0 Å². The van der Waals surface area contributed by atoms with Crippen LogP contribution in [0.4, 0.5) is 0 Å². The Hall–Kier alpha value is 1.15. The zero-order valence-electron chi connectivity index (χ0n) is 10.3. The maximum atomic E-state index is 9.29. The van der Waals surface area contributed by atoms with E-state index in [-0.39, 0.29) is 16.8 Å². The van der Waals surface area contributed by atoms with Crippen LogP contribution in [0.15, 0.2) is 0 Å². The van der Waals surface area contributed by atoms with Crippen molar-refractivity contribution < 1.29 is 69.7 Å². The topological polar surface area (TPSA) is 268 Å². The molecule has 23 heteroatoms. The Kier molecular flexibility index (Phi) is 35.5. The summed E-state index contributed by atoms with van der Waals surface area (Å²) in [6.45, 7) is 0. The molecule has 0 aromatic heterocycles. The molecule has 0 N–H and O–H groups in total. The average molecular weight is 454 g/mol. The van der Waals surface area contributed by atoms with Crippen molar-refractivity contribution in [2.24, 2.45) is 0 Å². The summed E-state index contributed by atoms with van der Waals surface area (Å²) in [7, 11) is -21.1. The Morgan fingerprint density at radius 3 is 0.478 bits per heavy atom. The van der Waals surface area contributed by atoms with Crippen LogP contribution < -0.4 is 29.4 Å². The molecule has 0 saturated heterocycles. The molecule has 0 aromatic rings. The second kappa shape index (κ2) is 23.1. The van der Waals surface area contributed by atoms with Crippen molar-refractivity contribution in [3.8, 4) is 0 Å². The fourth-order valence-corrected chi connectivity index (χ4v) is 1.84. The van der Waals surface area contributed by atoms with Crippen LogP contribution in [-0.4, -0.2) is 16.8 Å². The Morgan fingerprint density at radius 1 is 0.391 bits per heavy atom. The Bertz CT molecular complexity index is 318. The van der Waals surface area contributed by atoms with Crippen molar-refractivity contribution >= 4 is 66.4 Å². The maximum absolute atomic E-state index is 9.29. The molecule has 6 atom stereocenters. The van der Waals surface area contributed by atoms with Crippen LogP contribution in [-0.2, 0) is 40.3 Å². The van der Waals surface area contributed by atoms with Gasteiger partial charge in [0.25, 0.3) is 0 Å². The normalized spacial score (nSPS) is 17.0. The van der Waals surface area contributed by atoms with Crippen LogP contribution in [0.5, 0.6) is 0 Å². The van der Waals surface area contributed by atoms with Gasteiger partial charge in [0.2, 0.25) is 0 Å². The molecule has 0 aliphatic rings.